The third-order valence-corrected chi connectivity index (χ3v) is 11.9. The molecule has 6 heteroatoms. The molecular formula is C38H56Cl2N2O2. The Hall–Kier alpha value is -1.46. The lowest BCUT2D eigenvalue weighted by Gasteiger charge is -2.53. The highest BCUT2D eigenvalue weighted by Crippen LogP contribution is 2.62. The van der Waals surface area contributed by atoms with E-state index in [0.29, 0.717) is 41.2 Å². The third-order valence-electron chi connectivity index (χ3n) is 11.6. The van der Waals surface area contributed by atoms with Gasteiger partial charge in [0.25, 0.3) is 0 Å². The van der Waals surface area contributed by atoms with E-state index < -0.39 is 0 Å². The van der Waals surface area contributed by atoms with E-state index in [1.807, 2.05) is 12.1 Å². The van der Waals surface area contributed by atoms with Gasteiger partial charge in [-0.2, -0.15) is 0 Å². The van der Waals surface area contributed by atoms with Crippen LogP contribution in [0.5, 0.6) is 5.75 Å². The Kier molecular flexibility index (Phi) is 12.6. The topological polar surface area (TPSA) is 55.7 Å². The molecule has 0 bridgehead atoms. The number of fused-ring (bicyclic) bond motifs is 5. The van der Waals surface area contributed by atoms with E-state index in [1.54, 1.807) is 0 Å². The molecule has 2 fully saturated rings. The van der Waals surface area contributed by atoms with E-state index in [1.165, 1.54) is 80.2 Å². The van der Waals surface area contributed by atoms with Crippen LogP contribution in [0, 0.1) is 23.2 Å². The maximum absolute atomic E-state index is 10.9. The zero-order chi connectivity index (χ0) is 30.9. The molecule has 0 radical (unpaired) electrons. The average Bonchev–Trinajstić information content (AvgIpc) is 3.33. The number of hydrogen-bond donors (Lipinski definition) is 3. The molecule has 3 aliphatic carbocycles. The summed E-state index contributed by atoms with van der Waals surface area (Å²) in [7, 11) is 0. The predicted octanol–water partition coefficient (Wildman–Crippen LogP) is 8.68. The first-order valence-corrected chi connectivity index (χ1v) is 18.7. The van der Waals surface area contributed by atoms with Gasteiger partial charge in [-0.05, 0) is 147 Å². The lowest BCUT2D eigenvalue weighted by atomic mass is 9.52. The zero-order valence-electron chi connectivity index (χ0n) is 27.0. The van der Waals surface area contributed by atoms with E-state index >= 15 is 0 Å². The van der Waals surface area contributed by atoms with Gasteiger partial charge in [-0.3, -0.25) is 0 Å². The summed E-state index contributed by atoms with van der Waals surface area (Å²) in [5, 5.41) is 24.8. The normalized spacial score (nSPS) is 27.5. The fourth-order valence-corrected chi connectivity index (χ4v) is 9.60. The second-order valence-corrected chi connectivity index (χ2v) is 15.0. The smallest absolute Gasteiger partial charge is 0.115 e. The molecule has 3 N–H and O–H groups in total. The van der Waals surface area contributed by atoms with Gasteiger partial charge in [-0.15, -0.1) is 23.2 Å². The predicted molar refractivity (Wildman–Crippen MR) is 187 cm³/mol. The zero-order valence-corrected chi connectivity index (χ0v) is 28.5. The highest BCUT2D eigenvalue weighted by molar-refractivity contribution is 6.18. The molecule has 44 heavy (non-hydrogen) atoms. The van der Waals surface area contributed by atoms with Gasteiger partial charge in [0.2, 0.25) is 0 Å². The summed E-state index contributed by atoms with van der Waals surface area (Å²) in [4.78, 5) is 2.25. The van der Waals surface area contributed by atoms with Gasteiger partial charge >= 0.3 is 0 Å². The van der Waals surface area contributed by atoms with Crippen LogP contribution in [-0.2, 0) is 12.8 Å². The van der Waals surface area contributed by atoms with Gasteiger partial charge in [0.05, 0.1) is 6.10 Å². The number of unbranched alkanes of at least 4 members (excludes halogenated alkanes) is 4. The van der Waals surface area contributed by atoms with Crippen LogP contribution in [0.15, 0.2) is 42.5 Å². The van der Waals surface area contributed by atoms with E-state index in [0.717, 1.165) is 51.9 Å². The highest BCUT2D eigenvalue weighted by atomic mass is 35.5. The molecular weight excluding hydrogens is 587 g/mol. The van der Waals surface area contributed by atoms with Crippen LogP contribution in [0.3, 0.4) is 0 Å². The van der Waals surface area contributed by atoms with Crippen molar-refractivity contribution in [1.29, 1.82) is 0 Å². The van der Waals surface area contributed by atoms with Crippen molar-refractivity contribution < 1.29 is 10.2 Å². The number of aliphatic hydroxyl groups is 1. The number of phenolic OH excluding ortho intramolecular Hbond substituents is 1. The SMILES string of the molecule is C[C@]12CC[C@@H]3c4ccc(O)cc4C[C@@H](CCCCCCNCCCCc4ccc(N(CCCl)CCCl)cc4)[C@H]3[C@@H]1CC[C@@H]2O. The van der Waals surface area contributed by atoms with Gasteiger partial charge in [-0.25, -0.2) is 0 Å². The number of nitrogens with zero attached hydrogens (tertiary/aromatic N) is 1. The Bertz CT molecular complexity index is 1150. The molecule has 0 spiro atoms. The van der Waals surface area contributed by atoms with E-state index in [9.17, 15) is 10.2 Å². The van der Waals surface area contributed by atoms with Crippen molar-refractivity contribution in [3.05, 3.63) is 59.2 Å². The van der Waals surface area contributed by atoms with Gasteiger partial charge in [0.15, 0.2) is 0 Å². The van der Waals surface area contributed by atoms with Crippen LogP contribution >= 0.6 is 23.2 Å². The average molecular weight is 644 g/mol. The van der Waals surface area contributed by atoms with Crippen LogP contribution in [0.1, 0.15) is 100 Å². The second kappa shape index (κ2) is 16.4. The number of phenols is 1. The Morgan fingerprint density at radius 3 is 2.36 bits per heavy atom. The van der Waals surface area contributed by atoms with Gasteiger partial charge in [-0.1, -0.05) is 44.4 Å². The first-order chi connectivity index (χ1) is 21.4. The Labute approximate surface area is 276 Å². The molecule has 0 heterocycles. The molecule has 0 aromatic heterocycles. The number of hydrogen-bond acceptors (Lipinski definition) is 4. The van der Waals surface area contributed by atoms with Crippen molar-refractivity contribution in [3.8, 4) is 5.75 Å². The van der Waals surface area contributed by atoms with Gasteiger partial charge in [0, 0.05) is 30.5 Å². The molecule has 0 unspecified atom stereocenters. The number of nitrogens with one attached hydrogen (secondary N) is 1. The van der Waals surface area contributed by atoms with Gasteiger partial charge < -0.3 is 20.4 Å². The number of halogens is 2. The minimum atomic E-state index is -0.131. The highest BCUT2D eigenvalue weighted by Gasteiger charge is 2.56. The van der Waals surface area contributed by atoms with Crippen molar-refractivity contribution >= 4 is 28.9 Å². The summed E-state index contributed by atoms with van der Waals surface area (Å²) in [6.07, 6.45) is 15.4. The molecule has 0 amide bonds. The van der Waals surface area contributed by atoms with Crippen LogP contribution in [0.2, 0.25) is 0 Å². The number of aryl methyl sites for hydroxylation is 1. The monoisotopic (exact) mass is 642 g/mol. The molecule has 0 aliphatic heterocycles. The van der Waals surface area contributed by atoms with E-state index in [2.05, 4.69) is 47.5 Å². The van der Waals surface area contributed by atoms with Gasteiger partial charge in [0.1, 0.15) is 5.75 Å². The van der Waals surface area contributed by atoms with Crippen LogP contribution < -0.4 is 10.2 Å². The quantitative estimate of drug-likeness (QED) is 0.119. The number of anilines is 1. The molecule has 2 saturated carbocycles. The number of benzene rings is 2. The summed E-state index contributed by atoms with van der Waals surface area (Å²) >= 11 is 11.9. The van der Waals surface area contributed by atoms with E-state index in [4.69, 9.17) is 23.2 Å². The number of aliphatic hydroxyl groups excluding tert-OH is 1. The van der Waals surface area contributed by atoms with Crippen LogP contribution in [-0.4, -0.2) is 54.3 Å². The molecule has 3 aliphatic rings. The lowest BCUT2D eigenvalue weighted by molar-refractivity contribution is -0.0396. The fourth-order valence-electron chi connectivity index (χ4n) is 9.19. The summed E-state index contributed by atoms with van der Waals surface area (Å²) in [5.74, 6) is 4.23. The number of rotatable bonds is 17. The Morgan fingerprint density at radius 2 is 1.61 bits per heavy atom. The molecule has 6 atom stereocenters. The summed E-state index contributed by atoms with van der Waals surface area (Å²) in [6.45, 7) is 6.24. The molecule has 244 valence electrons. The Balaban J connectivity index is 0.980. The molecule has 2 aromatic rings. The van der Waals surface area contributed by atoms with E-state index in [-0.39, 0.29) is 11.5 Å². The van der Waals surface area contributed by atoms with Crippen molar-refractivity contribution in [2.75, 3.05) is 42.8 Å². The standard InChI is InChI=1S/C38H56Cl2N2O2/c1-38-19-18-34-33-15-14-32(43)27-30(33)26-29(37(34)35(38)16-17-36(38)44)9-4-2-3-6-22-41-23-7-5-8-28-10-12-31(13-11-28)42(24-20-39)25-21-40/h10-15,27,29,34-37,41,43-44H,2-9,16-26H2,1H3/t29-,34-,35+,36+,37-,38+/m1/s1. The lowest BCUT2D eigenvalue weighted by Crippen LogP contribution is -2.47. The largest absolute Gasteiger partial charge is 0.508 e. The Morgan fingerprint density at radius 1 is 0.886 bits per heavy atom. The number of alkyl halides is 2. The fraction of sp³-hybridized carbons (Fsp3) is 0.684. The molecule has 4 nitrogen and oxygen atoms in total. The number of aromatic hydroxyl groups is 1. The van der Waals surface area contributed by atoms with Crippen molar-refractivity contribution in [2.45, 2.75) is 102 Å². The maximum Gasteiger partial charge on any atom is 0.115 e. The second-order valence-electron chi connectivity index (χ2n) is 14.2. The van der Waals surface area contributed by atoms with Crippen molar-refractivity contribution in [1.82, 2.24) is 5.32 Å². The third kappa shape index (κ3) is 8.08. The van der Waals surface area contributed by atoms with Crippen LogP contribution in [0.4, 0.5) is 5.69 Å². The van der Waals surface area contributed by atoms with Crippen molar-refractivity contribution in [3.63, 3.8) is 0 Å². The first-order valence-electron chi connectivity index (χ1n) is 17.6. The molecule has 2 aromatic carbocycles. The summed E-state index contributed by atoms with van der Waals surface area (Å²) in [5.41, 5.74) is 5.58. The summed E-state index contributed by atoms with van der Waals surface area (Å²) < 4.78 is 0. The summed E-state index contributed by atoms with van der Waals surface area (Å²) in [6, 6.07) is 15.0. The van der Waals surface area contributed by atoms with Crippen LogP contribution in [0.25, 0.3) is 0 Å². The minimum Gasteiger partial charge on any atom is -0.508 e. The maximum atomic E-state index is 10.9. The minimum absolute atomic E-state index is 0.0978. The molecule has 5 rings (SSSR count). The molecule has 0 saturated heterocycles. The first kappa shape index (κ1) is 33.9. The van der Waals surface area contributed by atoms with Crippen molar-refractivity contribution in [2.24, 2.45) is 23.2 Å².